The normalized spacial score (nSPS) is 20.0. The Morgan fingerprint density at radius 1 is 1.43 bits per heavy atom. The Kier molecular flexibility index (Phi) is 5.27. The molecule has 0 bridgehead atoms. The van der Waals surface area contributed by atoms with E-state index in [0.29, 0.717) is 13.1 Å². The summed E-state index contributed by atoms with van der Waals surface area (Å²) in [4.78, 5) is 0. The first-order chi connectivity index (χ1) is 11.2. The molecule has 2 aromatic rings. The molecular weight excluding hydrogens is 294 g/mol. The van der Waals surface area contributed by atoms with E-state index in [1.807, 2.05) is 23.9 Å². The zero-order chi connectivity index (χ0) is 16.2. The van der Waals surface area contributed by atoms with Crippen LogP contribution in [0.3, 0.4) is 0 Å². The first kappa shape index (κ1) is 16.4. The predicted molar refractivity (Wildman–Crippen MR) is 88.2 cm³/mol. The highest BCUT2D eigenvalue weighted by Crippen LogP contribution is 2.29. The molecule has 1 aromatic carbocycles. The average molecular weight is 319 g/mol. The summed E-state index contributed by atoms with van der Waals surface area (Å²) in [6, 6.07) is 4.08. The van der Waals surface area contributed by atoms with Crippen molar-refractivity contribution in [1.82, 2.24) is 15.1 Å². The second kappa shape index (κ2) is 7.40. The highest BCUT2D eigenvalue weighted by Gasteiger charge is 2.20. The second-order valence-corrected chi connectivity index (χ2v) is 6.12. The van der Waals surface area contributed by atoms with Gasteiger partial charge in [-0.2, -0.15) is 5.10 Å². The Morgan fingerprint density at radius 2 is 2.30 bits per heavy atom. The van der Waals surface area contributed by atoms with Gasteiger partial charge in [0.2, 0.25) is 0 Å². The lowest BCUT2D eigenvalue weighted by Crippen LogP contribution is -2.25. The zero-order valence-electron chi connectivity index (χ0n) is 13.5. The van der Waals surface area contributed by atoms with Crippen LogP contribution >= 0.6 is 0 Å². The number of benzene rings is 1. The number of ether oxygens (including phenoxy) is 1. The molecule has 1 aliphatic heterocycles. The van der Waals surface area contributed by atoms with Crippen LogP contribution in [0.5, 0.6) is 0 Å². The number of hydrogen-bond acceptors (Lipinski definition) is 5. The highest BCUT2D eigenvalue weighted by atomic mass is 16.5. The summed E-state index contributed by atoms with van der Waals surface area (Å²) in [5, 5.41) is 27.8. The molecule has 1 fully saturated rings. The fourth-order valence-corrected chi connectivity index (χ4v) is 3.16. The summed E-state index contributed by atoms with van der Waals surface area (Å²) in [5.41, 5.74) is 2.93. The van der Waals surface area contributed by atoms with Crippen molar-refractivity contribution in [3.05, 3.63) is 29.5 Å². The highest BCUT2D eigenvalue weighted by molar-refractivity contribution is 5.80. The average Bonchev–Trinajstić information content (AvgIpc) is 2.97. The monoisotopic (exact) mass is 319 g/mol. The zero-order valence-corrected chi connectivity index (χ0v) is 13.5. The molecule has 1 saturated heterocycles. The van der Waals surface area contributed by atoms with Crippen LogP contribution in [0.1, 0.15) is 42.7 Å². The quantitative estimate of drug-likeness (QED) is 0.706. The predicted octanol–water partition coefficient (Wildman–Crippen LogP) is 1.66. The SMILES string of the molecule is Cc1cc2cnn(C3CCCCO3)c2cc1C(O)CNCCO. The van der Waals surface area contributed by atoms with Crippen LogP contribution in [0.2, 0.25) is 0 Å². The summed E-state index contributed by atoms with van der Waals surface area (Å²) < 4.78 is 7.77. The lowest BCUT2D eigenvalue weighted by Gasteiger charge is -2.24. The molecule has 1 aromatic heterocycles. The molecule has 0 spiro atoms. The van der Waals surface area contributed by atoms with Crippen LogP contribution in [0.15, 0.2) is 18.3 Å². The van der Waals surface area contributed by atoms with Crippen molar-refractivity contribution in [3.63, 3.8) is 0 Å². The van der Waals surface area contributed by atoms with Crippen LogP contribution in [0, 0.1) is 6.92 Å². The number of hydrogen-bond donors (Lipinski definition) is 3. The molecule has 126 valence electrons. The third kappa shape index (κ3) is 3.55. The first-order valence-electron chi connectivity index (χ1n) is 8.29. The molecule has 0 saturated carbocycles. The van der Waals surface area contributed by atoms with E-state index in [0.717, 1.165) is 47.9 Å². The van der Waals surface area contributed by atoms with Crippen LogP contribution < -0.4 is 5.32 Å². The van der Waals surface area contributed by atoms with E-state index in [1.54, 1.807) is 0 Å². The molecule has 0 aliphatic carbocycles. The number of fused-ring (bicyclic) bond motifs is 1. The molecule has 2 atom stereocenters. The maximum Gasteiger partial charge on any atom is 0.150 e. The van der Waals surface area contributed by atoms with Gasteiger partial charge in [-0.25, -0.2) is 4.68 Å². The van der Waals surface area contributed by atoms with Gasteiger partial charge in [-0.05, 0) is 49.4 Å². The number of aromatic nitrogens is 2. The Labute approximate surface area is 136 Å². The largest absolute Gasteiger partial charge is 0.395 e. The van der Waals surface area contributed by atoms with Gasteiger partial charge in [0.1, 0.15) is 0 Å². The van der Waals surface area contributed by atoms with Crippen molar-refractivity contribution < 1.29 is 14.9 Å². The Bertz CT molecular complexity index is 650. The van der Waals surface area contributed by atoms with E-state index in [9.17, 15) is 5.11 Å². The number of nitrogens with zero attached hydrogens (tertiary/aromatic N) is 2. The number of aliphatic hydroxyl groups excluding tert-OH is 2. The van der Waals surface area contributed by atoms with Gasteiger partial charge in [-0.1, -0.05) is 0 Å². The van der Waals surface area contributed by atoms with Gasteiger partial charge in [0.25, 0.3) is 0 Å². The van der Waals surface area contributed by atoms with E-state index in [2.05, 4.69) is 16.5 Å². The Balaban J connectivity index is 1.88. The molecule has 2 heterocycles. The summed E-state index contributed by atoms with van der Waals surface area (Å²) in [7, 11) is 0. The van der Waals surface area contributed by atoms with Gasteiger partial charge in [0, 0.05) is 25.1 Å². The summed E-state index contributed by atoms with van der Waals surface area (Å²) >= 11 is 0. The molecule has 2 unspecified atom stereocenters. The summed E-state index contributed by atoms with van der Waals surface area (Å²) in [6.45, 7) is 3.74. The van der Waals surface area contributed by atoms with Crippen molar-refractivity contribution in [1.29, 1.82) is 0 Å². The molecule has 3 rings (SSSR count). The molecule has 6 heteroatoms. The molecule has 0 radical (unpaired) electrons. The Morgan fingerprint density at radius 3 is 3.04 bits per heavy atom. The van der Waals surface area contributed by atoms with Crippen molar-refractivity contribution in [2.45, 2.75) is 38.5 Å². The molecule has 23 heavy (non-hydrogen) atoms. The van der Waals surface area contributed by atoms with Crippen molar-refractivity contribution in [2.24, 2.45) is 0 Å². The van der Waals surface area contributed by atoms with Crippen LogP contribution in [0.25, 0.3) is 10.9 Å². The maximum absolute atomic E-state index is 10.4. The minimum Gasteiger partial charge on any atom is -0.395 e. The van der Waals surface area contributed by atoms with Gasteiger partial charge in [0.15, 0.2) is 6.23 Å². The number of aliphatic hydroxyl groups is 2. The third-order valence-electron chi connectivity index (χ3n) is 4.40. The first-order valence-corrected chi connectivity index (χ1v) is 8.29. The summed E-state index contributed by atoms with van der Waals surface area (Å²) in [5.74, 6) is 0. The molecule has 6 nitrogen and oxygen atoms in total. The minimum atomic E-state index is -0.610. The van der Waals surface area contributed by atoms with Crippen molar-refractivity contribution in [2.75, 3.05) is 26.3 Å². The van der Waals surface area contributed by atoms with Crippen molar-refractivity contribution >= 4 is 10.9 Å². The van der Waals surface area contributed by atoms with Gasteiger partial charge in [-0.15, -0.1) is 0 Å². The maximum atomic E-state index is 10.4. The number of nitrogens with one attached hydrogen (secondary N) is 1. The summed E-state index contributed by atoms with van der Waals surface area (Å²) in [6.07, 6.45) is 4.47. The van der Waals surface area contributed by atoms with E-state index in [-0.39, 0.29) is 12.8 Å². The molecule has 3 N–H and O–H groups in total. The van der Waals surface area contributed by atoms with E-state index in [1.165, 1.54) is 0 Å². The van der Waals surface area contributed by atoms with E-state index >= 15 is 0 Å². The minimum absolute atomic E-state index is 0.0125. The van der Waals surface area contributed by atoms with Crippen molar-refractivity contribution in [3.8, 4) is 0 Å². The lowest BCUT2D eigenvalue weighted by molar-refractivity contribution is -0.0366. The van der Waals surface area contributed by atoms with E-state index in [4.69, 9.17) is 9.84 Å². The smallest absolute Gasteiger partial charge is 0.150 e. The Hall–Kier alpha value is -1.47. The van der Waals surface area contributed by atoms with E-state index < -0.39 is 6.10 Å². The van der Waals surface area contributed by atoms with Gasteiger partial charge in [-0.3, -0.25) is 0 Å². The van der Waals surface area contributed by atoms with Crippen LogP contribution in [-0.2, 0) is 4.74 Å². The number of aryl methyl sites for hydroxylation is 1. The number of rotatable bonds is 6. The topological polar surface area (TPSA) is 79.5 Å². The molecular formula is C17H25N3O3. The van der Waals surface area contributed by atoms with Crippen LogP contribution in [0.4, 0.5) is 0 Å². The van der Waals surface area contributed by atoms with Crippen LogP contribution in [-0.4, -0.2) is 46.3 Å². The fraction of sp³-hybridized carbons (Fsp3) is 0.588. The lowest BCUT2D eigenvalue weighted by atomic mass is 10.0. The third-order valence-corrected chi connectivity index (χ3v) is 4.40. The van der Waals surface area contributed by atoms with Gasteiger partial charge >= 0.3 is 0 Å². The molecule has 1 aliphatic rings. The van der Waals surface area contributed by atoms with Gasteiger partial charge < -0.3 is 20.3 Å². The van der Waals surface area contributed by atoms with Gasteiger partial charge in [0.05, 0.1) is 24.4 Å². The fourth-order valence-electron chi connectivity index (χ4n) is 3.16. The standard InChI is InChI=1S/C17H25N3O3/c1-12-8-13-10-19-20(17-4-2-3-7-23-17)15(13)9-14(12)16(22)11-18-5-6-21/h8-10,16-18,21-22H,2-7,11H2,1H3. The molecule has 0 amide bonds. The second-order valence-electron chi connectivity index (χ2n) is 6.12.